The van der Waals surface area contributed by atoms with E-state index in [1.165, 1.54) is 21.5 Å². The molecule has 0 saturated carbocycles. The zero-order chi connectivity index (χ0) is 19.6. The van der Waals surface area contributed by atoms with Gasteiger partial charge in [0.2, 0.25) is 0 Å². The van der Waals surface area contributed by atoms with Crippen LogP contribution in [-0.4, -0.2) is 31.9 Å². The van der Waals surface area contributed by atoms with Crippen LogP contribution < -0.4 is 0 Å². The van der Waals surface area contributed by atoms with E-state index in [1.807, 2.05) is 35.3 Å². The van der Waals surface area contributed by atoms with E-state index in [1.54, 1.807) is 0 Å². The van der Waals surface area contributed by atoms with Crippen LogP contribution in [0.5, 0.6) is 0 Å². The number of benzene rings is 3. The summed E-state index contributed by atoms with van der Waals surface area (Å²) in [7, 11) is 2.06. The van der Waals surface area contributed by atoms with Crippen molar-refractivity contribution in [2.75, 3.05) is 7.05 Å². The highest BCUT2D eigenvalue weighted by Crippen LogP contribution is 2.24. The Morgan fingerprint density at radius 2 is 1.48 bits per heavy atom. The standard InChI is InChI=1S/C24H21N5/c1-28(15-22-8-4-5-11-25-22)16-23-17-29(27-26-23)24-10-9-20-12-18-6-2-3-7-19(18)13-21(20)14-24/h2-14,17H,15-16H2,1H3. The lowest BCUT2D eigenvalue weighted by Gasteiger charge is -2.13. The highest BCUT2D eigenvalue weighted by atomic mass is 15.4. The first-order valence-electron chi connectivity index (χ1n) is 9.67. The predicted molar refractivity (Wildman–Crippen MR) is 116 cm³/mol. The molecule has 2 aromatic heterocycles. The molecule has 0 atom stereocenters. The van der Waals surface area contributed by atoms with Gasteiger partial charge in [-0.15, -0.1) is 5.10 Å². The van der Waals surface area contributed by atoms with Crippen molar-refractivity contribution in [1.82, 2.24) is 24.9 Å². The largest absolute Gasteiger partial charge is 0.295 e. The molecule has 0 radical (unpaired) electrons. The average molecular weight is 379 g/mol. The van der Waals surface area contributed by atoms with E-state index in [2.05, 4.69) is 81.8 Å². The van der Waals surface area contributed by atoms with E-state index in [-0.39, 0.29) is 0 Å². The Morgan fingerprint density at radius 3 is 2.28 bits per heavy atom. The van der Waals surface area contributed by atoms with Gasteiger partial charge in [0.25, 0.3) is 0 Å². The molecule has 5 rings (SSSR count). The number of pyridine rings is 1. The van der Waals surface area contributed by atoms with E-state index in [9.17, 15) is 0 Å². The van der Waals surface area contributed by atoms with Crippen molar-refractivity contribution >= 4 is 21.5 Å². The lowest BCUT2D eigenvalue weighted by atomic mass is 10.0. The first-order chi connectivity index (χ1) is 14.2. The molecule has 0 unspecified atom stereocenters. The summed E-state index contributed by atoms with van der Waals surface area (Å²) >= 11 is 0. The fraction of sp³-hybridized carbons (Fsp3) is 0.125. The maximum atomic E-state index is 4.38. The lowest BCUT2D eigenvalue weighted by Crippen LogP contribution is -2.18. The molecule has 0 fully saturated rings. The summed E-state index contributed by atoms with van der Waals surface area (Å²) < 4.78 is 1.85. The van der Waals surface area contributed by atoms with E-state index < -0.39 is 0 Å². The molecule has 5 heteroatoms. The monoisotopic (exact) mass is 379 g/mol. The second-order valence-electron chi connectivity index (χ2n) is 7.38. The normalized spacial score (nSPS) is 11.5. The van der Waals surface area contributed by atoms with E-state index >= 15 is 0 Å². The van der Waals surface area contributed by atoms with Crippen molar-refractivity contribution in [2.24, 2.45) is 0 Å². The van der Waals surface area contributed by atoms with Crippen molar-refractivity contribution < 1.29 is 0 Å². The van der Waals surface area contributed by atoms with Gasteiger partial charge < -0.3 is 0 Å². The molecule has 0 amide bonds. The van der Waals surface area contributed by atoms with Gasteiger partial charge in [-0.1, -0.05) is 41.6 Å². The van der Waals surface area contributed by atoms with E-state index in [0.29, 0.717) is 0 Å². The van der Waals surface area contributed by atoms with Crippen LogP contribution in [0.25, 0.3) is 27.2 Å². The molecule has 3 aromatic carbocycles. The number of fused-ring (bicyclic) bond motifs is 2. The van der Waals surface area contributed by atoms with Crippen molar-refractivity contribution in [3.63, 3.8) is 0 Å². The van der Waals surface area contributed by atoms with Crippen LogP contribution in [0, 0.1) is 0 Å². The van der Waals surface area contributed by atoms with Gasteiger partial charge in [-0.2, -0.15) is 0 Å². The van der Waals surface area contributed by atoms with Gasteiger partial charge in [-0.05, 0) is 65.0 Å². The summed E-state index contributed by atoms with van der Waals surface area (Å²) in [6.07, 6.45) is 3.82. The Hall–Kier alpha value is -3.57. The first kappa shape index (κ1) is 17.5. The van der Waals surface area contributed by atoms with Crippen molar-refractivity contribution in [3.05, 3.63) is 96.6 Å². The third kappa shape index (κ3) is 3.73. The third-order valence-corrected chi connectivity index (χ3v) is 5.08. The smallest absolute Gasteiger partial charge is 0.0971 e. The molecule has 0 aliphatic heterocycles. The number of rotatable bonds is 5. The molecule has 0 saturated heterocycles. The van der Waals surface area contributed by atoms with E-state index in [4.69, 9.17) is 0 Å². The zero-order valence-electron chi connectivity index (χ0n) is 16.2. The van der Waals surface area contributed by atoms with Gasteiger partial charge >= 0.3 is 0 Å². The van der Waals surface area contributed by atoms with Gasteiger partial charge in [0.05, 0.1) is 23.3 Å². The average Bonchev–Trinajstić information content (AvgIpc) is 3.21. The van der Waals surface area contributed by atoms with Crippen LogP contribution in [0.4, 0.5) is 0 Å². The Labute approximate surface area is 169 Å². The second-order valence-corrected chi connectivity index (χ2v) is 7.38. The Bertz CT molecular complexity index is 1280. The molecule has 0 aliphatic carbocycles. The number of hydrogen-bond donors (Lipinski definition) is 0. The van der Waals surface area contributed by atoms with Gasteiger partial charge in [0.15, 0.2) is 0 Å². The van der Waals surface area contributed by atoms with Crippen LogP contribution in [0.2, 0.25) is 0 Å². The molecule has 0 N–H and O–H groups in total. The van der Waals surface area contributed by atoms with Gasteiger partial charge in [0.1, 0.15) is 0 Å². The SMILES string of the molecule is CN(Cc1ccccn1)Cc1cn(-c2ccc3cc4ccccc4cc3c2)nn1. The summed E-state index contributed by atoms with van der Waals surface area (Å²) in [5.41, 5.74) is 2.99. The molecular formula is C24H21N5. The molecule has 5 aromatic rings. The molecule has 0 bridgehead atoms. The molecule has 0 spiro atoms. The number of hydrogen-bond acceptors (Lipinski definition) is 4. The fourth-order valence-corrected chi connectivity index (χ4v) is 3.67. The Balaban J connectivity index is 1.38. The Kier molecular flexibility index (Phi) is 4.50. The number of aromatic nitrogens is 4. The lowest BCUT2D eigenvalue weighted by molar-refractivity contribution is 0.311. The van der Waals surface area contributed by atoms with Crippen molar-refractivity contribution in [2.45, 2.75) is 13.1 Å². The fourth-order valence-electron chi connectivity index (χ4n) is 3.67. The first-order valence-corrected chi connectivity index (χ1v) is 9.67. The van der Waals surface area contributed by atoms with Crippen molar-refractivity contribution in [1.29, 1.82) is 0 Å². The maximum Gasteiger partial charge on any atom is 0.0971 e. The van der Waals surface area contributed by atoms with Gasteiger partial charge in [-0.3, -0.25) is 9.88 Å². The van der Waals surface area contributed by atoms with Gasteiger partial charge in [-0.25, -0.2) is 4.68 Å². The molecule has 5 nitrogen and oxygen atoms in total. The Morgan fingerprint density at radius 1 is 0.759 bits per heavy atom. The van der Waals surface area contributed by atoms with Gasteiger partial charge in [0, 0.05) is 19.3 Å². The highest BCUT2D eigenvalue weighted by Gasteiger charge is 2.08. The highest BCUT2D eigenvalue weighted by molar-refractivity contribution is 5.98. The zero-order valence-corrected chi connectivity index (χ0v) is 16.2. The third-order valence-electron chi connectivity index (χ3n) is 5.08. The van der Waals surface area contributed by atoms with Crippen molar-refractivity contribution in [3.8, 4) is 5.69 Å². The number of nitrogens with zero attached hydrogens (tertiary/aromatic N) is 5. The maximum absolute atomic E-state index is 4.38. The summed E-state index contributed by atoms with van der Waals surface area (Å²) in [5.74, 6) is 0. The van der Waals surface area contributed by atoms with Crippen LogP contribution in [-0.2, 0) is 13.1 Å². The van der Waals surface area contributed by atoms with Crippen LogP contribution in [0.15, 0.2) is 85.2 Å². The molecule has 142 valence electrons. The minimum Gasteiger partial charge on any atom is -0.295 e. The summed E-state index contributed by atoms with van der Waals surface area (Å²) in [6.45, 7) is 1.49. The topological polar surface area (TPSA) is 46.8 Å². The molecule has 2 heterocycles. The molecule has 0 aliphatic rings. The predicted octanol–water partition coefficient (Wildman–Crippen LogP) is 4.60. The quantitative estimate of drug-likeness (QED) is 0.419. The minimum atomic E-state index is 0.717. The second kappa shape index (κ2) is 7.45. The van der Waals surface area contributed by atoms with Crippen LogP contribution in [0.1, 0.15) is 11.4 Å². The molecular weight excluding hydrogens is 358 g/mol. The summed E-state index contributed by atoms with van der Waals surface area (Å²) in [5, 5.41) is 13.6. The summed E-state index contributed by atoms with van der Waals surface area (Å²) in [4.78, 5) is 6.56. The minimum absolute atomic E-state index is 0.717. The summed E-state index contributed by atoms with van der Waals surface area (Å²) in [6, 6.07) is 25.3. The van der Waals surface area contributed by atoms with E-state index in [0.717, 1.165) is 30.2 Å². The van der Waals surface area contributed by atoms with Crippen LogP contribution >= 0.6 is 0 Å². The molecule has 29 heavy (non-hydrogen) atoms. The van der Waals surface area contributed by atoms with Crippen LogP contribution in [0.3, 0.4) is 0 Å².